The fraction of sp³-hybridized carbons (Fsp3) is 0.0526. The molecule has 0 atom stereocenters. The fourth-order valence-electron chi connectivity index (χ4n) is 12.0. The van der Waals surface area contributed by atoms with E-state index in [0.717, 1.165) is 130 Å². The second-order valence-corrected chi connectivity index (χ2v) is 21.0. The maximum absolute atomic E-state index is 6.80. The van der Waals surface area contributed by atoms with Gasteiger partial charge in [0.25, 0.3) is 6.33 Å². The summed E-state index contributed by atoms with van der Waals surface area (Å²) in [5.74, 6) is 1.99. The number of aromatic nitrogens is 4. The molecule has 14 aromatic rings. The van der Waals surface area contributed by atoms with Gasteiger partial charge in [-0.2, -0.15) is 18.2 Å². The molecule has 7 heteroatoms. The minimum Gasteiger partial charge on any atom is -0.510 e. The first-order chi connectivity index (χ1) is 40.6. The number of para-hydroxylation sites is 4. The molecule has 1 fully saturated rings. The first kappa shape index (κ1) is 51.3. The zero-order chi connectivity index (χ0) is 54.3. The normalized spacial score (nSPS) is 12.3. The predicted octanol–water partition coefficient (Wildman–Crippen LogP) is 18.2. The van der Waals surface area contributed by atoms with Crippen molar-refractivity contribution in [1.82, 2.24) is 14.1 Å². The minimum absolute atomic E-state index is 0. The summed E-state index contributed by atoms with van der Waals surface area (Å²) in [6.07, 6.45) is 8.26. The summed E-state index contributed by atoms with van der Waals surface area (Å²) >= 11 is 0. The van der Waals surface area contributed by atoms with Crippen LogP contribution in [0, 0.1) is 18.5 Å². The standard InChI is InChI=1S/C76H53N5O.Pt/c1-5-21-53(22-6-1)57-43-58(54-23-7-2-8-24-54)46-61(45-57)67-32-20-33-68(62-47-59(55-25-9-3-10-26-55)44-60(48-62)56-27-11-4-12-28-56)76(67)80-52-79(72-35-15-16-36-73(72)80)64-29-19-30-65(49-64)82-66-37-38-70-69-31-13-14-34-71(69)81(74(70)51-66)75-50-63(39-40-77-75)78-41-17-18-42-78;/h1-16,19-40,43-48,50H,17-18,41-42H2;/q-2;. The third-order valence-corrected chi connectivity index (χ3v) is 15.9. The molecule has 0 aliphatic carbocycles. The Balaban J connectivity index is 0.00000614. The average Bonchev–Trinajstić information content (AvgIpc) is 3.88. The molecule has 1 aliphatic heterocycles. The summed E-state index contributed by atoms with van der Waals surface area (Å²) in [6.45, 7) is 2.11. The van der Waals surface area contributed by atoms with Gasteiger partial charge in [0.2, 0.25) is 0 Å². The number of nitrogens with zero attached hydrogens (tertiary/aromatic N) is 5. The van der Waals surface area contributed by atoms with Crippen LogP contribution in [0.2, 0.25) is 0 Å². The van der Waals surface area contributed by atoms with Gasteiger partial charge < -0.3 is 18.8 Å². The summed E-state index contributed by atoms with van der Waals surface area (Å²) in [6, 6.07) is 102. The van der Waals surface area contributed by atoms with Crippen molar-refractivity contribution in [2.24, 2.45) is 0 Å². The maximum atomic E-state index is 6.80. The summed E-state index contributed by atoms with van der Waals surface area (Å²) in [5, 5.41) is 2.22. The van der Waals surface area contributed by atoms with Crippen molar-refractivity contribution in [2.75, 3.05) is 18.0 Å². The molecule has 0 N–H and O–H groups in total. The van der Waals surface area contributed by atoms with Crippen molar-refractivity contribution in [3.05, 3.63) is 292 Å². The Morgan fingerprint density at radius 3 is 1.51 bits per heavy atom. The van der Waals surface area contributed by atoms with E-state index in [1.807, 2.05) is 24.4 Å². The molecule has 15 rings (SSSR count). The number of benzene rings is 11. The largest absolute Gasteiger partial charge is 0.510 e. The van der Waals surface area contributed by atoms with Gasteiger partial charge in [-0.1, -0.05) is 188 Å². The summed E-state index contributed by atoms with van der Waals surface area (Å²) in [5.41, 5.74) is 20.3. The van der Waals surface area contributed by atoms with Crippen LogP contribution in [0.5, 0.6) is 11.5 Å². The molecule has 4 heterocycles. The molecule has 11 aromatic carbocycles. The summed E-state index contributed by atoms with van der Waals surface area (Å²) in [4.78, 5) is 7.38. The number of ether oxygens (including phenoxy) is 1. The third-order valence-electron chi connectivity index (χ3n) is 15.9. The van der Waals surface area contributed by atoms with Crippen molar-refractivity contribution in [1.29, 1.82) is 0 Å². The molecular formula is C76H53N5OPt-2. The van der Waals surface area contributed by atoms with E-state index in [4.69, 9.17) is 9.72 Å². The first-order valence-corrected chi connectivity index (χ1v) is 28.1. The monoisotopic (exact) mass is 1250 g/mol. The van der Waals surface area contributed by atoms with E-state index >= 15 is 0 Å². The van der Waals surface area contributed by atoms with Crippen LogP contribution in [0.4, 0.5) is 5.69 Å². The maximum Gasteiger partial charge on any atom is 0.268 e. The Morgan fingerprint density at radius 2 is 0.916 bits per heavy atom. The van der Waals surface area contributed by atoms with E-state index in [0.29, 0.717) is 11.5 Å². The van der Waals surface area contributed by atoms with Crippen molar-refractivity contribution >= 4 is 38.5 Å². The van der Waals surface area contributed by atoms with Gasteiger partial charge >= 0.3 is 0 Å². The third kappa shape index (κ3) is 9.81. The Hall–Kier alpha value is -9.87. The summed E-state index contributed by atoms with van der Waals surface area (Å²) in [7, 11) is 0. The van der Waals surface area contributed by atoms with Gasteiger partial charge in [0.05, 0.1) is 16.7 Å². The Labute approximate surface area is 497 Å². The van der Waals surface area contributed by atoms with E-state index in [9.17, 15) is 0 Å². The molecule has 0 bridgehead atoms. The number of anilines is 1. The van der Waals surface area contributed by atoms with Gasteiger partial charge in [-0.25, -0.2) is 4.98 Å². The van der Waals surface area contributed by atoms with Gasteiger partial charge in [0.15, 0.2) is 0 Å². The first-order valence-electron chi connectivity index (χ1n) is 28.1. The van der Waals surface area contributed by atoms with Crippen LogP contribution in [0.15, 0.2) is 273 Å². The van der Waals surface area contributed by atoms with Crippen molar-refractivity contribution in [3.8, 4) is 95.5 Å². The zero-order valence-electron chi connectivity index (χ0n) is 45.3. The smallest absolute Gasteiger partial charge is 0.268 e. The molecule has 0 saturated carbocycles. The van der Waals surface area contributed by atoms with Gasteiger partial charge in [0.1, 0.15) is 5.82 Å². The Bertz CT molecular complexity index is 4400. The number of hydrogen-bond acceptors (Lipinski definition) is 3. The molecule has 6 nitrogen and oxygen atoms in total. The topological polar surface area (TPSA) is 39.1 Å². The van der Waals surface area contributed by atoms with Gasteiger partial charge in [-0.3, -0.25) is 4.57 Å². The van der Waals surface area contributed by atoms with Crippen molar-refractivity contribution in [3.63, 3.8) is 0 Å². The fourth-order valence-corrected chi connectivity index (χ4v) is 12.0. The minimum atomic E-state index is 0. The van der Waals surface area contributed by atoms with Gasteiger partial charge in [-0.05, 0) is 139 Å². The van der Waals surface area contributed by atoms with Crippen LogP contribution in [0.25, 0.3) is 117 Å². The number of fused-ring (bicyclic) bond motifs is 4. The zero-order valence-corrected chi connectivity index (χ0v) is 47.5. The van der Waals surface area contributed by atoms with Gasteiger partial charge in [-0.15, -0.1) is 29.7 Å². The SMILES string of the molecule is [Pt].[c-]1c(Oc2[c-]c3c(cc2)c2ccccc2n3-c2cc(N3CCCC3)ccn2)cccc1-n1[c-][n+](-c2c(-c3cc(-c4ccccc4)cc(-c4ccccc4)c3)cccc2-c2cc(-c3ccccc3)cc(-c3ccccc3)c2)c2ccccc21. The molecule has 0 unspecified atom stereocenters. The Morgan fingerprint density at radius 1 is 0.410 bits per heavy atom. The molecule has 0 spiro atoms. The van der Waals surface area contributed by atoms with E-state index in [1.54, 1.807) is 0 Å². The van der Waals surface area contributed by atoms with Crippen LogP contribution in [-0.4, -0.2) is 27.2 Å². The Kier molecular flexibility index (Phi) is 13.7. The van der Waals surface area contributed by atoms with Crippen molar-refractivity contribution < 1.29 is 30.4 Å². The van der Waals surface area contributed by atoms with E-state index in [2.05, 4.69) is 286 Å². The molecule has 0 amide bonds. The van der Waals surface area contributed by atoms with E-state index in [1.165, 1.54) is 18.5 Å². The molecular weight excluding hydrogens is 1190 g/mol. The van der Waals surface area contributed by atoms with Gasteiger partial charge in [0, 0.05) is 69.1 Å². The number of rotatable bonds is 12. The number of imidazole rings is 1. The van der Waals surface area contributed by atoms with E-state index < -0.39 is 0 Å². The second-order valence-electron chi connectivity index (χ2n) is 21.0. The average molecular weight is 1250 g/mol. The van der Waals surface area contributed by atoms with Crippen LogP contribution < -0.4 is 14.2 Å². The molecule has 83 heavy (non-hydrogen) atoms. The quantitative estimate of drug-likeness (QED) is 0.0904. The molecule has 1 saturated heterocycles. The van der Waals surface area contributed by atoms with Crippen molar-refractivity contribution in [2.45, 2.75) is 12.8 Å². The number of pyridine rings is 1. The van der Waals surface area contributed by atoms with Crippen LogP contribution in [0.1, 0.15) is 12.8 Å². The summed E-state index contributed by atoms with van der Waals surface area (Å²) < 4.78 is 13.4. The second kappa shape index (κ2) is 22.2. The van der Waals surface area contributed by atoms with Crippen LogP contribution in [-0.2, 0) is 21.1 Å². The molecule has 1 aliphatic rings. The number of hydrogen-bond donors (Lipinski definition) is 0. The molecule has 0 radical (unpaired) electrons. The van der Waals surface area contributed by atoms with Crippen LogP contribution >= 0.6 is 0 Å². The van der Waals surface area contributed by atoms with Crippen LogP contribution in [0.3, 0.4) is 0 Å². The molecule has 3 aromatic heterocycles. The van der Waals surface area contributed by atoms with E-state index in [-0.39, 0.29) is 21.1 Å². The predicted molar refractivity (Wildman–Crippen MR) is 334 cm³/mol. The molecule has 400 valence electrons.